The molecule has 3 aliphatic heterocycles. The van der Waals surface area contributed by atoms with E-state index in [1.54, 1.807) is 0 Å². The molecule has 1 aliphatic carbocycles. The SMILES string of the molecule is CN1CCCN(C(=O)c2cc(N3CCC(CN4CCCC4)CC3)c3c(C4CCC4)nn(-c4ccccc4)c3n2)S1(=O)=O. The second-order valence-electron chi connectivity index (χ2n) is 12.5. The van der Waals surface area contributed by atoms with Gasteiger partial charge in [0.05, 0.1) is 22.5 Å². The molecule has 11 heteroatoms. The molecule has 1 aromatic carbocycles. The Kier molecular flexibility index (Phi) is 7.44. The van der Waals surface area contributed by atoms with Crippen molar-refractivity contribution in [2.24, 2.45) is 5.92 Å². The summed E-state index contributed by atoms with van der Waals surface area (Å²) in [6.45, 7) is 5.97. The van der Waals surface area contributed by atoms with Crippen molar-refractivity contribution >= 4 is 32.8 Å². The van der Waals surface area contributed by atoms with Crippen LogP contribution in [0, 0.1) is 5.92 Å². The molecule has 0 radical (unpaired) electrons. The van der Waals surface area contributed by atoms with Gasteiger partial charge in [-0.2, -0.15) is 17.8 Å². The van der Waals surface area contributed by atoms with Gasteiger partial charge in [-0.1, -0.05) is 24.6 Å². The van der Waals surface area contributed by atoms with E-state index >= 15 is 0 Å². The Balaban J connectivity index is 1.32. The average Bonchev–Trinajstić information content (AvgIpc) is 3.62. The maximum absolute atomic E-state index is 13.9. The number of pyridine rings is 1. The molecular weight excluding hydrogens is 550 g/mol. The Labute approximate surface area is 248 Å². The second-order valence-corrected chi connectivity index (χ2v) is 14.4. The maximum atomic E-state index is 13.9. The largest absolute Gasteiger partial charge is 0.371 e. The lowest BCUT2D eigenvalue weighted by Gasteiger charge is -2.36. The van der Waals surface area contributed by atoms with Gasteiger partial charge in [0.25, 0.3) is 5.91 Å². The maximum Gasteiger partial charge on any atom is 0.306 e. The van der Waals surface area contributed by atoms with Gasteiger partial charge in [0.1, 0.15) is 5.69 Å². The van der Waals surface area contributed by atoms with Gasteiger partial charge < -0.3 is 9.80 Å². The summed E-state index contributed by atoms with van der Waals surface area (Å²) in [5, 5.41) is 6.15. The number of hydrogen-bond donors (Lipinski definition) is 0. The Morgan fingerprint density at radius 2 is 1.64 bits per heavy atom. The number of carbonyl (C=O) groups excluding carboxylic acids is 1. The third kappa shape index (κ3) is 4.99. The normalized spacial score (nSPS) is 22.6. The van der Waals surface area contributed by atoms with Crippen LogP contribution < -0.4 is 4.90 Å². The van der Waals surface area contributed by atoms with Gasteiger partial charge in [-0.15, -0.1) is 0 Å². The van der Waals surface area contributed by atoms with E-state index in [1.165, 1.54) is 50.2 Å². The summed E-state index contributed by atoms with van der Waals surface area (Å²) < 4.78 is 30.4. The fourth-order valence-corrected chi connectivity index (χ4v) is 8.41. The van der Waals surface area contributed by atoms with Gasteiger partial charge in [0.2, 0.25) is 0 Å². The Morgan fingerprint density at radius 1 is 0.905 bits per heavy atom. The van der Waals surface area contributed by atoms with Gasteiger partial charge in [0.15, 0.2) is 5.65 Å². The molecule has 3 aromatic rings. The summed E-state index contributed by atoms with van der Waals surface area (Å²) in [5.74, 6) is 0.466. The predicted molar refractivity (Wildman–Crippen MR) is 163 cm³/mol. The van der Waals surface area contributed by atoms with Crippen molar-refractivity contribution in [3.05, 3.63) is 47.8 Å². The van der Waals surface area contributed by atoms with Crippen LogP contribution in [0.2, 0.25) is 0 Å². The molecule has 0 bridgehead atoms. The van der Waals surface area contributed by atoms with Gasteiger partial charge in [-0.25, -0.2) is 14.0 Å². The van der Waals surface area contributed by atoms with Crippen LogP contribution in [0.1, 0.15) is 73.5 Å². The quantitative estimate of drug-likeness (QED) is 0.427. The van der Waals surface area contributed by atoms with E-state index in [1.807, 2.05) is 41.1 Å². The molecule has 5 heterocycles. The molecule has 10 nitrogen and oxygen atoms in total. The Bertz CT molecular complexity index is 1560. The van der Waals surface area contributed by atoms with Crippen molar-refractivity contribution in [3.8, 4) is 5.69 Å². The number of amides is 1. The molecule has 224 valence electrons. The number of nitrogens with zero attached hydrogens (tertiary/aromatic N) is 7. The number of aromatic nitrogens is 3. The first kappa shape index (κ1) is 27.8. The van der Waals surface area contributed by atoms with Crippen LogP contribution in [0.5, 0.6) is 0 Å². The molecule has 0 spiro atoms. The van der Waals surface area contributed by atoms with Crippen LogP contribution in [-0.4, -0.2) is 95.5 Å². The van der Waals surface area contributed by atoms with E-state index in [0.29, 0.717) is 30.4 Å². The summed E-state index contributed by atoms with van der Waals surface area (Å²) in [4.78, 5) is 23.9. The van der Waals surface area contributed by atoms with Crippen LogP contribution in [0.4, 0.5) is 5.69 Å². The van der Waals surface area contributed by atoms with E-state index in [2.05, 4.69) is 9.80 Å². The van der Waals surface area contributed by atoms with Gasteiger partial charge >= 0.3 is 10.2 Å². The van der Waals surface area contributed by atoms with Crippen LogP contribution in [0.25, 0.3) is 16.7 Å². The molecule has 0 unspecified atom stereocenters. The molecular formula is C31H41N7O3S. The van der Waals surface area contributed by atoms with Crippen LogP contribution in [0.15, 0.2) is 36.4 Å². The molecule has 1 amide bonds. The number of piperidine rings is 1. The smallest absolute Gasteiger partial charge is 0.306 e. The number of rotatable bonds is 6. The van der Waals surface area contributed by atoms with E-state index in [4.69, 9.17) is 10.1 Å². The van der Waals surface area contributed by atoms with E-state index < -0.39 is 16.1 Å². The number of para-hydroxylation sites is 1. The fourth-order valence-electron chi connectivity index (χ4n) is 7.06. The minimum Gasteiger partial charge on any atom is -0.371 e. The van der Waals surface area contributed by atoms with E-state index in [0.717, 1.165) is 65.5 Å². The summed E-state index contributed by atoms with van der Waals surface area (Å²) in [5.41, 5.74) is 3.69. The Hall–Kier alpha value is -3.02. The third-order valence-electron chi connectivity index (χ3n) is 9.76. The summed E-state index contributed by atoms with van der Waals surface area (Å²) in [6, 6.07) is 11.8. The molecule has 4 aliphatic rings. The topological polar surface area (TPSA) is 94.9 Å². The first-order valence-electron chi connectivity index (χ1n) is 15.6. The number of fused-ring (bicyclic) bond motifs is 1. The minimum atomic E-state index is -3.89. The van der Waals surface area contributed by atoms with Crippen molar-refractivity contribution in [2.45, 2.75) is 57.3 Å². The number of benzene rings is 1. The standard InChI is InChI=1S/C31H41N7O3S/c1-34-15-8-18-37(42(34,40)41)31(39)26-21-27(36-19-13-23(14-20-36)22-35-16-5-6-17-35)28-29(24-9-7-10-24)33-38(30(28)32-26)25-11-3-2-4-12-25/h2-4,11-12,21,23-24H,5-10,13-20,22H2,1H3. The molecule has 7 rings (SSSR count). The number of anilines is 1. The fraction of sp³-hybridized carbons (Fsp3) is 0.581. The molecule has 42 heavy (non-hydrogen) atoms. The zero-order chi connectivity index (χ0) is 28.8. The van der Waals surface area contributed by atoms with Crippen molar-refractivity contribution in [1.29, 1.82) is 0 Å². The number of carbonyl (C=O) groups is 1. The second kappa shape index (κ2) is 11.2. The van der Waals surface area contributed by atoms with Crippen LogP contribution in [0.3, 0.4) is 0 Å². The van der Waals surface area contributed by atoms with Gasteiger partial charge in [-0.3, -0.25) is 4.79 Å². The van der Waals surface area contributed by atoms with Crippen LogP contribution in [-0.2, 0) is 10.2 Å². The Morgan fingerprint density at radius 3 is 2.33 bits per heavy atom. The molecule has 4 fully saturated rings. The van der Waals surface area contributed by atoms with Crippen molar-refractivity contribution in [3.63, 3.8) is 0 Å². The lowest BCUT2D eigenvalue weighted by atomic mass is 9.81. The van der Waals surface area contributed by atoms with Crippen molar-refractivity contribution < 1.29 is 13.2 Å². The van der Waals surface area contributed by atoms with E-state index in [-0.39, 0.29) is 12.2 Å². The van der Waals surface area contributed by atoms with Crippen molar-refractivity contribution in [2.75, 3.05) is 57.8 Å². The summed E-state index contributed by atoms with van der Waals surface area (Å²) >= 11 is 0. The van der Waals surface area contributed by atoms with E-state index in [9.17, 15) is 13.2 Å². The number of hydrogen-bond acceptors (Lipinski definition) is 7. The zero-order valence-corrected chi connectivity index (χ0v) is 25.3. The zero-order valence-electron chi connectivity index (χ0n) is 24.5. The minimum absolute atomic E-state index is 0.160. The highest BCUT2D eigenvalue weighted by Gasteiger charge is 2.38. The van der Waals surface area contributed by atoms with Gasteiger partial charge in [-0.05, 0) is 82.2 Å². The lowest BCUT2D eigenvalue weighted by molar-refractivity contribution is 0.0836. The molecule has 0 N–H and O–H groups in total. The summed E-state index contributed by atoms with van der Waals surface area (Å²) in [6.07, 6.45) is 8.78. The predicted octanol–water partition coefficient (Wildman–Crippen LogP) is 4.02. The number of likely N-dealkylation sites (tertiary alicyclic amines) is 1. The third-order valence-corrected chi connectivity index (χ3v) is 11.6. The average molecular weight is 592 g/mol. The highest BCUT2D eigenvalue weighted by atomic mass is 32.2. The first-order valence-corrected chi connectivity index (χ1v) is 17.0. The molecule has 3 saturated heterocycles. The lowest BCUT2D eigenvalue weighted by Crippen LogP contribution is -2.50. The van der Waals surface area contributed by atoms with Gasteiger partial charge in [0, 0.05) is 45.7 Å². The molecule has 2 aromatic heterocycles. The molecule has 1 saturated carbocycles. The monoisotopic (exact) mass is 591 g/mol. The van der Waals surface area contributed by atoms with Crippen molar-refractivity contribution in [1.82, 2.24) is 28.3 Å². The highest BCUT2D eigenvalue weighted by Crippen LogP contribution is 2.43. The summed E-state index contributed by atoms with van der Waals surface area (Å²) in [7, 11) is -2.36. The highest BCUT2D eigenvalue weighted by molar-refractivity contribution is 7.87. The molecule has 0 atom stereocenters. The van der Waals surface area contributed by atoms with Crippen LogP contribution >= 0.6 is 0 Å². The first-order chi connectivity index (χ1) is 20.4.